The van der Waals surface area contributed by atoms with E-state index in [0.717, 1.165) is 10.0 Å². The van der Waals surface area contributed by atoms with Crippen molar-refractivity contribution < 1.29 is 9.53 Å². The molecule has 0 aliphatic carbocycles. The van der Waals surface area contributed by atoms with Gasteiger partial charge >= 0.3 is 5.97 Å². The van der Waals surface area contributed by atoms with Gasteiger partial charge in [-0.1, -0.05) is 51.3 Å². The topological polar surface area (TPSA) is 38.7 Å². The number of benzene rings is 2. The number of esters is 1. The number of hydrogen-bond acceptors (Lipinski definition) is 3. The summed E-state index contributed by atoms with van der Waals surface area (Å²) in [6.45, 7) is 0. The van der Waals surface area contributed by atoms with Crippen LogP contribution in [0.1, 0.15) is 11.1 Å². The molecular formula is C16H8BrCl2NO2. The van der Waals surface area contributed by atoms with Gasteiger partial charge in [0.25, 0.3) is 0 Å². The Morgan fingerprint density at radius 3 is 2.68 bits per heavy atom. The Labute approximate surface area is 145 Å². The lowest BCUT2D eigenvalue weighted by Crippen LogP contribution is -2.05. The normalized spacial score (nSPS) is 15.9. The minimum atomic E-state index is -0.513. The minimum absolute atomic E-state index is 0.174. The molecule has 3 rings (SSSR count). The highest BCUT2D eigenvalue weighted by molar-refractivity contribution is 9.10. The summed E-state index contributed by atoms with van der Waals surface area (Å²) in [4.78, 5) is 16.2. The van der Waals surface area contributed by atoms with Gasteiger partial charge in [0.15, 0.2) is 5.70 Å². The lowest BCUT2D eigenvalue weighted by Gasteiger charge is -2.02. The molecule has 2 aromatic rings. The van der Waals surface area contributed by atoms with Crippen LogP contribution in [-0.4, -0.2) is 11.9 Å². The molecule has 0 radical (unpaired) electrons. The van der Waals surface area contributed by atoms with Gasteiger partial charge in [0, 0.05) is 9.50 Å². The highest BCUT2D eigenvalue weighted by atomic mass is 79.9. The van der Waals surface area contributed by atoms with Crippen LogP contribution in [0.3, 0.4) is 0 Å². The molecule has 110 valence electrons. The molecule has 3 nitrogen and oxygen atoms in total. The summed E-state index contributed by atoms with van der Waals surface area (Å²) in [7, 11) is 0. The number of cyclic esters (lactones) is 1. The Bertz CT molecular complexity index is 831. The third kappa shape index (κ3) is 3.24. The number of aliphatic imine (C=N–C) groups is 1. The van der Waals surface area contributed by atoms with Crippen molar-refractivity contribution in [3.63, 3.8) is 0 Å². The molecule has 0 fully saturated rings. The van der Waals surface area contributed by atoms with E-state index in [1.165, 1.54) is 0 Å². The first-order valence-electron chi connectivity index (χ1n) is 6.26. The molecule has 0 saturated heterocycles. The van der Waals surface area contributed by atoms with Crippen LogP contribution in [0.15, 0.2) is 57.6 Å². The number of rotatable bonds is 2. The predicted octanol–water partition coefficient (Wildman–Crippen LogP) is 5.10. The van der Waals surface area contributed by atoms with Crippen LogP contribution < -0.4 is 0 Å². The van der Waals surface area contributed by atoms with Gasteiger partial charge in [-0.25, -0.2) is 9.79 Å². The Balaban J connectivity index is 1.98. The van der Waals surface area contributed by atoms with Gasteiger partial charge in [-0.3, -0.25) is 0 Å². The second-order valence-electron chi connectivity index (χ2n) is 4.52. The van der Waals surface area contributed by atoms with Gasteiger partial charge in [-0.05, 0) is 42.0 Å². The van der Waals surface area contributed by atoms with Crippen LogP contribution in [0.4, 0.5) is 0 Å². The van der Waals surface area contributed by atoms with Crippen molar-refractivity contribution in [3.8, 4) is 0 Å². The summed E-state index contributed by atoms with van der Waals surface area (Å²) in [5, 5.41) is 0.881. The van der Waals surface area contributed by atoms with Crippen LogP contribution in [0.2, 0.25) is 10.0 Å². The fourth-order valence-electron chi connectivity index (χ4n) is 1.94. The fraction of sp³-hybridized carbons (Fsp3) is 0. The monoisotopic (exact) mass is 395 g/mol. The van der Waals surface area contributed by atoms with E-state index in [4.69, 9.17) is 27.9 Å². The molecule has 0 amide bonds. The molecule has 0 spiro atoms. The number of hydrogen-bond donors (Lipinski definition) is 0. The molecule has 0 bridgehead atoms. The zero-order chi connectivity index (χ0) is 15.7. The van der Waals surface area contributed by atoms with E-state index < -0.39 is 5.97 Å². The van der Waals surface area contributed by atoms with E-state index in [1.54, 1.807) is 24.3 Å². The second-order valence-corrected chi connectivity index (χ2v) is 6.27. The van der Waals surface area contributed by atoms with E-state index >= 15 is 0 Å². The Morgan fingerprint density at radius 1 is 1.14 bits per heavy atom. The predicted molar refractivity (Wildman–Crippen MR) is 91.2 cm³/mol. The van der Waals surface area contributed by atoms with Gasteiger partial charge in [-0.15, -0.1) is 0 Å². The van der Waals surface area contributed by atoms with Gasteiger partial charge in [0.2, 0.25) is 5.90 Å². The standard InChI is InChI=1S/C16H8BrCl2NO2/c17-10-3-1-2-9(6-10)7-14-16(21)22-15(20-14)12-5-4-11(18)8-13(12)19/h1-8H. The van der Waals surface area contributed by atoms with E-state index in [1.807, 2.05) is 24.3 Å². The number of carbonyl (C=O) groups excluding carboxylic acids is 1. The summed E-state index contributed by atoms with van der Waals surface area (Å²) in [5.41, 5.74) is 1.59. The number of carbonyl (C=O) groups is 1. The van der Waals surface area contributed by atoms with Crippen molar-refractivity contribution in [2.75, 3.05) is 0 Å². The first-order chi connectivity index (χ1) is 10.5. The molecule has 22 heavy (non-hydrogen) atoms. The molecule has 0 atom stereocenters. The molecule has 0 unspecified atom stereocenters. The van der Waals surface area contributed by atoms with E-state index in [2.05, 4.69) is 20.9 Å². The summed E-state index contributed by atoms with van der Waals surface area (Å²) in [5.74, 6) is -0.339. The smallest absolute Gasteiger partial charge is 0.363 e. The molecule has 1 aliphatic heterocycles. The van der Waals surface area contributed by atoms with Crippen LogP contribution in [0, 0.1) is 0 Å². The third-order valence-corrected chi connectivity index (χ3v) is 3.98. The second kappa shape index (κ2) is 6.24. The van der Waals surface area contributed by atoms with E-state index in [9.17, 15) is 4.79 Å². The lowest BCUT2D eigenvalue weighted by atomic mass is 10.2. The lowest BCUT2D eigenvalue weighted by molar-refractivity contribution is -0.129. The van der Waals surface area contributed by atoms with E-state index in [-0.39, 0.29) is 11.6 Å². The van der Waals surface area contributed by atoms with Crippen molar-refractivity contribution in [3.05, 3.63) is 73.8 Å². The summed E-state index contributed by atoms with van der Waals surface area (Å²) in [6.07, 6.45) is 1.66. The zero-order valence-electron chi connectivity index (χ0n) is 11.0. The Morgan fingerprint density at radius 2 is 1.95 bits per heavy atom. The summed E-state index contributed by atoms with van der Waals surface area (Å²) >= 11 is 15.3. The average molecular weight is 397 g/mol. The maximum atomic E-state index is 11.9. The number of nitrogens with zero attached hydrogens (tertiary/aromatic N) is 1. The molecule has 1 heterocycles. The van der Waals surface area contributed by atoms with Crippen LogP contribution >= 0.6 is 39.1 Å². The molecule has 0 N–H and O–H groups in total. The Hall–Kier alpha value is -1.62. The fourth-order valence-corrected chi connectivity index (χ4v) is 2.85. The van der Waals surface area contributed by atoms with Gasteiger partial charge < -0.3 is 4.74 Å². The average Bonchev–Trinajstić information content (AvgIpc) is 2.80. The first-order valence-corrected chi connectivity index (χ1v) is 7.81. The van der Waals surface area contributed by atoms with Gasteiger partial charge in [0.1, 0.15) is 0 Å². The number of ether oxygens (including phenoxy) is 1. The maximum Gasteiger partial charge on any atom is 0.363 e. The highest BCUT2D eigenvalue weighted by Gasteiger charge is 2.25. The molecule has 6 heteroatoms. The zero-order valence-corrected chi connectivity index (χ0v) is 14.1. The van der Waals surface area contributed by atoms with Crippen molar-refractivity contribution in [2.45, 2.75) is 0 Å². The Kier molecular flexibility index (Phi) is 4.34. The molecule has 0 saturated carbocycles. The summed E-state index contributed by atoms with van der Waals surface area (Å²) in [6, 6.07) is 12.4. The molecule has 2 aromatic carbocycles. The first kappa shape index (κ1) is 15.3. The maximum absolute atomic E-state index is 11.9. The summed E-state index contributed by atoms with van der Waals surface area (Å²) < 4.78 is 6.10. The minimum Gasteiger partial charge on any atom is -0.402 e. The highest BCUT2D eigenvalue weighted by Crippen LogP contribution is 2.26. The van der Waals surface area contributed by atoms with Gasteiger partial charge in [0.05, 0.1) is 10.6 Å². The molecular weight excluding hydrogens is 389 g/mol. The quantitative estimate of drug-likeness (QED) is 0.523. The van der Waals surface area contributed by atoms with Crippen molar-refractivity contribution in [1.82, 2.24) is 0 Å². The third-order valence-electron chi connectivity index (χ3n) is 2.93. The molecule has 1 aliphatic rings. The number of halogens is 3. The van der Waals surface area contributed by atoms with Gasteiger partial charge in [-0.2, -0.15) is 0 Å². The van der Waals surface area contributed by atoms with Crippen LogP contribution in [-0.2, 0) is 9.53 Å². The van der Waals surface area contributed by atoms with E-state index in [0.29, 0.717) is 15.6 Å². The van der Waals surface area contributed by atoms with Crippen molar-refractivity contribution >= 4 is 57.1 Å². The van der Waals surface area contributed by atoms with Crippen molar-refractivity contribution in [2.24, 2.45) is 4.99 Å². The molecule has 0 aromatic heterocycles. The van der Waals surface area contributed by atoms with Crippen molar-refractivity contribution in [1.29, 1.82) is 0 Å². The largest absolute Gasteiger partial charge is 0.402 e. The SMILES string of the molecule is O=C1OC(c2ccc(Cl)cc2Cl)=NC1=Cc1cccc(Br)c1. The van der Waals surface area contributed by atoms with Crippen LogP contribution in [0.25, 0.3) is 6.08 Å². The van der Waals surface area contributed by atoms with Crippen LogP contribution in [0.5, 0.6) is 0 Å².